The molecule has 0 rings (SSSR count). The number of unbranched alkanes of at least 4 members (excludes halogenated alkanes) is 18. The maximum atomic E-state index is 6.60. The van der Waals surface area contributed by atoms with Crippen LogP contribution in [-0.4, -0.2) is 39.2 Å². The summed E-state index contributed by atoms with van der Waals surface area (Å²) in [6.45, 7) is 16.6. The van der Waals surface area contributed by atoms with Gasteiger partial charge >= 0.3 is 0 Å². The molecule has 208 valence electrons. The van der Waals surface area contributed by atoms with Crippen molar-refractivity contribution in [1.29, 1.82) is 0 Å². The Kier molecular flexibility index (Phi) is 25.9. The zero-order chi connectivity index (χ0) is 24.8. The van der Waals surface area contributed by atoms with Crippen molar-refractivity contribution in [1.82, 2.24) is 0 Å². The number of hydrogen-bond acceptors (Lipinski definition) is 1. The lowest BCUT2D eigenvalue weighted by molar-refractivity contribution is -0.950. The van der Waals surface area contributed by atoms with Gasteiger partial charge in [0.15, 0.2) is 14.5 Å². The van der Waals surface area contributed by atoms with E-state index in [9.17, 15) is 0 Å². The summed E-state index contributed by atoms with van der Waals surface area (Å²) in [4.78, 5) is 0. The fourth-order valence-electron chi connectivity index (χ4n) is 5.04. The van der Waals surface area contributed by atoms with E-state index in [1.807, 2.05) is 0 Å². The van der Waals surface area contributed by atoms with E-state index in [-0.39, 0.29) is 17.0 Å². The van der Waals surface area contributed by atoms with Gasteiger partial charge in [-0.3, -0.25) is 0 Å². The van der Waals surface area contributed by atoms with Gasteiger partial charge < -0.3 is 25.9 Å². The first kappa shape index (κ1) is 36.8. The normalized spacial score (nSPS) is 13.1. The van der Waals surface area contributed by atoms with E-state index in [0.29, 0.717) is 6.23 Å². The van der Waals surface area contributed by atoms with Crippen LogP contribution in [0.3, 0.4) is 0 Å². The van der Waals surface area contributed by atoms with Crippen LogP contribution in [0.2, 0.25) is 19.6 Å². The molecule has 34 heavy (non-hydrogen) atoms. The fourth-order valence-corrected chi connectivity index (χ4v) is 6.31. The van der Waals surface area contributed by atoms with Gasteiger partial charge in [-0.15, -0.1) is 0 Å². The van der Waals surface area contributed by atoms with Gasteiger partial charge in [0.25, 0.3) is 0 Å². The Balaban J connectivity index is 0. The molecule has 0 amide bonds. The van der Waals surface area contributed by atoms with Crippen LogP contribution in [0.15, 0.2) is 0 Å². The van der Waals surface area contributed by atoms with Crippen molar-refractivity contribution in [2.75, 3.05) is 20.1 Å². The number of quaternary nitrogens is 1. The molecule has 0 saturated carbocycles. The van der Waals surface area contributed by atoms with Gasteiger partial charge in [0.2, 0.25) is 0 Å². The quantitative estimate of drug-likeness (QED) is 0.0484. The summed E-state index contributed by atoms with van der Waals surface area (Å²) in [6, 6.07) is 0. The Morgan fingerprint density at radius 3 is 1.06 bits per heavy atom. The lowest BCUT2D eigenvalue weighted by Gasteiger charge is -2.42. The highest BCUT2D eigenvalue weighted by Crippen LogP contribution is 2.21. The highest BCUT2D eigenvalue weighted by molar-refractivity contribution is 6.69. The molecule has 1 unspecified atom stereocenters. The lowest BCUT2D eigenvalue weighted by Crippen LogP contribution is -3.00. The summed E-state index contributed by atoms with van der Waals surface area (Å²) in [6.07, 6.45) is 28.8. The fraction of sp³-hybridized carbons (Fsp3) is 1.00. The maximum Gasteiger partial charge on any atom is 0.191 e. The number of hydrogen-bond donors (Lipinski definition) is 0. The molecule has 0 aromatic rings. The molecule has 0 aliphatic heterocycles. The minimum atomic E-state index is -1.50. The smallest absolute Gasteiger partial charge is 0.191 e. The van der Waals surface area contributed by atoms with Crippen molar-refractivity contribution < 1.29 is 25.9 Å². The Morgan fingerprint density at radius 2 is 0.794 bits per heavy atom. The van der Waals surface area contributed by atoms with Crippen LogP contribution in [0.5, 0.6) is 0 Å². The third kappa shape index (κ3) is 23.0. The maximum absolute atomic E-state index is 6.60. The second-order valence-corrected chi connectivity index (χ2v) is 16.6. The molecule has 0 N–H and O–H groups in total. The van der Waals surface area contributed by atoms with E-state index < -0.39 is 8.32 Å². The average molecular weight is 565 g/mol. The predicted octanol–water partition coefficient (Wildman–Crippen LogP) is 7.48. The van der Waals surface area contributed by atoms with E-state index in [1.54, 1.807) is 0 Å². The molecule has 0 aliphatic carbocycles. The van der Waals surface area contributed by atoms with Crippen molar-refractivity contribution in [3.05, 3.63) is 0 Å². The van der Waals surface area contributed by atoms with Crippen LogP contribution in [0, 0.1) is 0 Å². The molecule has 0 radical (unpaired) electrons. The molecule has 0 saturated heterocycles. The minimum Gasteiger partial charge on any atom is -1.00 e. The van der Waals surface area contributed by atoms with Gasteiger partial charge in [-0.25, -0.2) is 0 Å². The molecule has 0 fully saturated rings. The summed E-state index contributed by atoms with van der Waals surface area (Å²) < 4.78 is 7.72. The lowest BCUT2D eigenvalue weighted by atomic mass is 10.1. The first-order valence-electron chi connectivity index (χ1n) is 15.3. The Morgan fingerprint density at radius 1 is 0.529 bits per heavy atom. The largest absolute Gasteiger partial charge is 1.00 e. The van der Waals surface area contributed by atoms with Crippen LogP contribution < -0.4 is 17.0 Å². The molecule has 0 heterocycles. The van der Waals surface area contributed by atoms with Gasteiger partial charge in [0, 0.05) is 6.92 Å². The molecule has 1 atom stereocenters. The predicted molar refractivity (Wildman–Crippen MR) is 153 cm³/mol. The molecular weight excluding hydrogens is 498 g/mol. The summed E-state index contributed by atoms with van der Waals surface area (Å²) in [5.41, 5.74) is 0. The molecule has 0 bridgehead atoms. The standard InChI is InChI=1S/C30H66NOSi.BrH/c1-8-10-12-14-16-18-20-22-24-26-28-31(4,30(3)32-33(5,6)7)29-27-25-23-21-19-17-15-13-11-9-2;/h30H,8-29H2,1-7H3;1H/q+1;/p-1. The SMILES string of the molecule is CCCCCCCCCCCC[N+](C)(CCCCCCCCCCCC)C(C)O[Si](C)(C)C.[Br-]. The highest BCUT2D eigenvalue weighted by Gasteiger charge is 2.32. The van der Waals surface area contributed by atoms with E-state index in [0.717, 1.165) is 4.48 Å². The van der Waals surface area contributed by atoms with Crippen molar-refractivity contribution in [2.45, 2.75) is 175 Å². The zero-order valence-electron chi connectivity index (χ0n) is 24.9. The van der Waals surface area contributed by atoms with Crippen LogP contribution >= 0.6 is 0 Å². The molecule has 0 aromatic heterocycles. The van der Waals surface area contributed by atoms with Crippen molar-refractivity contribution in [2.24, 2.45) is 0 Å². The molecule has 2 nitrogen and oxygen atoms in total. The first-order valence-corrected chi connectivity index (χ1v) is 18.7. The van der Waals surface area contributed by atoms with Gasteiger partial charge in [-0.2, -0.15) is 0 Å². The van der Waals surface area contributed by atoms with E-state index in [4.69, 9.17) is 4.43 Å². The monoisotopic (exact) mass is 563 g/mol. The topological polar surface area (TPSA) is 9.23 Å². The number of nitrogens with zero attached hydrogens (tertiary/aromatic N) is 1. The average Bonchev–Trinajstić information content (AvgIpc) is 2.75. The van der Waals surface area contributed by atoms with Gasteiger partial charge in [-0.05, 0) is 45.3 Å². The molecule has 0 spiro atoms. The minimum absolute atomic E-state index is 0. The van der Waals surface area contributed by atoms with Crippen LogP contribution in [0.4, 0.5) is 0 Å². The van der Waals surface area contributed by atoms with E-state index in [2.05, 4.69) is 47.5 Å². The third-order valence-electron chi connectivity index (χ3n) is 7.45. The van der Waals surface area contributed by atoms with Crippen molar-refractivity contribution in [3.63, 3.8) is 0 Å². The second kappa shape index (κ2) is 24.0. The zero-order valence-corrected chi connectivity index (χ0v) is 27.5. The molecule has 4 heteroatoms. The molecular formula is C30H66BrNOSi. The van der Waals surface area contributed by atoms with Crippen LogP contribution in [0.25, 0.3) is 0 Å². The Labute approximate surface area is 228 Å². The van der Waals surface area contributed by atoms with Gasteiger partial charge in [0.1, 0.15) is 0 Å². The summed E-state index contributed by atoms with van der Waals surface area (Å²) >= 11 is 0. The van der Waals surface area contributed by atoms with Crippen LogP contribution in [0.1, 0.15) is 149 Å². The summed E-state index contributed by atoms with van der Waals surface area (Å²) in [7, 11) is 0.974. The Hall–Kier alpha value is 0.617. The Bertz CT molecular complexity index is 389. The third-order valence-corrected chi connectivity index (χ3v) is 8.50. The second-order valence-electron chi connectivity index (χ2n) is 12.1. The number of halogens is 1. The summed E-state index contributed by atoms with van der Waals surface area (Å²) in [5, 5.41) is 0. The van der Waals surface area contributed by atoms with Crippen molar-refractivity contribution >= 4 is 8.32 Å². The van der Waals surface area contributed by atoms with E-state index in [1.165, 1.54) is 142 Å². The summed E-state index contributed by atoms with van der Waals surface area (Å²) in [5.74, 6) is 0. The molecule has 0 aromatic carbocycles. The van der Waals surface area contributed by atoms with Crippen LogP contribution in [-0.2, 0) is 4.43 Å². The highest BCUT2D eigenvalue weighted by atomic mass is 79.9. The van der Waals surface area contributed by atoms with Gasteiger partial charge in [-0.1, -0.05) is 117 Å². The van der Waals surface area contributed by atoms with Crippen molar-refractivity contribution in [3.8, 4) is 0 Å². The van der Waals surface area contributed by atoms with Gasteiger partial charge in [0.05, 0.1) is 20.1 Å². The molecule has 0 aliphatic rings. The van der Waals surface area contributed by atoms with E-state index >= 15 is 0 Å². The first-order chi connectivity index (χ1) is 15.7. The number of rotatable bonds is 25.